The predicted molar refractivity (Wildman–Crippen MR) is 90.8 cm³/mol. The Balaban J connectivity index is 2.06. The van der Waals surface area contributed by atoms with Crippen molar-refractivity contribution in [2.75, 3.05) is 26.4 Å². The Morgan fingerprint density at radius 3 is 2.64 bits per heavy atom. The molecule has 0 saturated carbocycles. The molecule has 0 aliphatic carbocycles. The van der Waals surface area contributed by atoms with Crippen LogP contribution in [0.2, 0.25) is 0 Å². The van der Waals surface area contributed by atoms with Crippen molar-refractivity contribution >= 4 is 5.82 Å². The van der Waals surface area contributed by atoms with Crippen molar-refractivity contribution in [3.05, 3.63) is 53.0 Å². The van der Waals surface area contributed by atoms with Gasteiger partial charge in [-0.05, 0) is 62.7 Å². The van der Waals surface area contributed by atoms with Gasteiger partial charge in [-0.2, -0.15) is 0 Å². The lowest BCUT2D eigenvalue weighted by molar-refractivity contribution is 0.556. The molecule has 0 aromatic carbocycles. The lowest BCUT2D eigenvalue weighted by atomic mass is 10.0. The fraction of sp³-hybridized carbons (Fsp3) is 0.412. The molecular formula is C17H25N5. The molecule has 2 aromatic heterocycles. The molecule has 1 unspecified atom stereocenters. The quantitative estimate of drug-likeness (QED) is 0.724. The third-order valence-electron chi connectivity index (χ3n) is 3.69. The van der Waals surface area contributed by atoms with Crippen molar-refractivity contribution in [1.82, 2.24) is 20.6 Å². The minimum Gasteiger partial charge on any atom is -0.384 e. The fourth-order valence-corrected chi connectivity index (χ4v) is 2.59. The molecule has 118 valence electrons. The van der Waals surface area contributed by atoms with E-state index in [0.717, 1.165) is 30.6 Å². The topological polar surface area (TPSA) is 75.9 Å². The Bertz CT molecular complexity index is 591. The first-order chi connectivity index (χ1) is 10.6. The van der Waals surface area contributed by atoms with Crippen LogP contribution in [0, 0.1) is 6.92 Å². The monoisotopic (exact) mass is 299 g/mol. The summed E-state index contributed by atoms with van der Waals surface area (Å²) < 4.78 is 0. The SMILES string of the molecule is CNCC(NC)c1cncc(CCc2cc(C)cc(N)n2)c1. The standard InChI is InChI=1S/C17H25N5/c1-12-6-15(22-17(18)7-12)5-4-13-8-14(10-21-9-13)16(20-3)11-19-2/h6-10,16,19-20H,4-5,11H2,1-3H3,(H2,18,22). The van der Waals surface area contributed by atoms with Crippen molar-refractivity contribution < 1.29 is 0 Å². The highest BCUT2D eigenvalue weighted by Crippen LogP contribution is 2.15. The second kappa shape index (κ2) is 7.87. The van der Waals surface area contributed by atoms with Gasteiger partial charge < -0.3 is 16.4 Å². The first kappa shape index (κ1) is 16.4. The predicted octanol–water partition coefficient (Wildman–Crippen LogP) is 1.63. The van der Waals surface area contributed by atoms with Crippen LogP contribution in [-0.4, -0.2) is 30.6 Å². The average Bonchev–Trinajstić information content (AvgIpc) is 2.50. The highest BCUT2D eigenvalue weighted by atomic mass is 14.9. The summed E-state index contributed by atoms with van der Waals surface area (Å²) in [5, 5.41) is 6.50. The molecule has 1 atom stereocenters. The summed E-state index contributed by atoms with van der Waals surface area (Å²) in [6, 6.07) is 6.46. The van der Waals surface area contributed by atoms with E-state index < -0.39 is 0 Å². The summed E-state index contributed by atoms with van der Waals surface area (Å²) >= 11 is 0. The molecule has 5 heteroatoms. The molecule has 2 rings (SSSR count). The molecular weight excluding hydrogens is 274 g/mol. The minimum atomic E-state index is 0.269. The molecule has 5 nitrogen and oxygen atoms in total. The van der Waals surface area contributed by atoms with Crippen LogP contribution >= 0.6 is 0 Å². The number of aromatic nitrogens is 2. The van der Waals surface area contributed by atoms with E-state index in [2.05, 4.69) is 32.7 Å². The smallest absolute Gasteiger partial charge is 0.123 e. The maximum atomic E-state index is 5.80. The number of pyridine rings is 2. The molecule has 0 bridgehead atoms. The van der Waals surface area contributed by atoms with Crippen molar-refractivity contribution in [2.24, 2.45) is 0 Å². The molecule has 22 heavy (non-hydrogen) atoms. The maximum absolute atomic E-state index is 5.80. The normalized spacial score (nSPS) is 12.3. The first-order valence-electron chi connectivity index (χ1n) is 7.61. The van der Waals surface area contributed by atoms with Crippen molar-refractivity contribution in [3.63, 3.8) is 0 Å². The third kappa shape index (κ3) is 4.51. The van der Waals surface area contributed by atoms with Crippen molar-refractivity contribution in [3.8, 4) is 0 Å². The van der Waals surface area contributed by atoms with Gasteiger partial charge in [-0.25, -0.2) is 4.98 Å². The van der Waals surface area contributed by atoms with E-state index in [-0.39, 0.29) is 6.04 Å². The number of nitrogens with two attached hydrogens (primary N) is 1. The lowest BCUT2D eigenvalue weighted by Gasteiger charge is -2.16. The number of rotatable bonds is 7. The molecule has 2 aromatic rings. The Hall–Kier alpha value is -1.98. The van der Waals surface area contributed by atoms with Gasteiger partial charge in [-0.15, -0.1) is 0 Å². The maximum Gasteiger partial charge on any atom is 0.123 e. The van der Waals surface area contributed by atoms with Gasteiger partial charge in [-0.3, -0.25) is 4.98 Å². The van der Waals surface area contributed by atoms with Gasteiger partial charge in [0.15, 0.2) is 0 Å². The van der Waals surface area contributed by atoms with Gasteiger partial charge in [-0.1, -0.05) is 6.07 Å². The minimum absolute atomic E-state index is 0.269. The van der Waals surface area contributed by atoms with Crippen LogP contribution in [0.15, 0.2) is 30.6 Å². The Morgan fingerprint density at radius 2 is 1.95 bits per heavy atom. The van der Waals surface area contributed by atoms with Crippen molar-refractivity contribution in [1.29, 1.82) is 0 Å². The summed E-state index contributed by atoms with van der Waals surface area (Å²) in [6.45, 7) is 2.91. The molecule has 4 N–H and O–H groups in total. The summed E-state index contributed by atoms with van der Waals surface area (Å²) in [7, 11) is 3.92. The largest absolute Gasteiger partial charge is 0.384 e. The summed E-state index contributed by atoms with van der Waals surface area (Å²) in [6.07, 6.45) is 5.62. The second-order valence-corrected chi connectivity index (χ2v) is 5.59. The number of hydrogen-bond donors (Lipinski definition) is 3. The number of nitrogens with zero attached hydrogens (tertiary/aromatic N) is 2. The zero-order chi connectivity index (χ0) is 15.9. The Morgan fingerprint density at radius 1 is 1.14 bits per heavy atom. The molecule has 0 aliphatic rings. The van der Waals surface area contributed by atoms with Crippen LogP contribution in [0.1, 0.15) is 28.4 Å². The van der Waals surface area contributed by atoms with E-state index in [1.807, 2.05) is 39.5 Å². The highest BCUT2D eigenvalue weighted by molar-refractivity contribution is 5.34. The number of anilines is 1. The molecule has 0 spiro atoms. The zero-order valence-electron chi connectivity index (χ0n) is 13.6. The number of nitrogens with one attached hydrogen (secondary N) is 2. The molecule has 2 heterocycles. The van der Waals surface area contributed by atoms with Crippen LogP contribution in [0.5, 0.6) is 0 Å². The lowest BCUT2D eigenvalue weighted by Crippen LogP contribution is -2.27. The number of likely N-dealkylation sites (N-methyl/N-ethyl adjacent to an activating group) is 2. The van der Waals surface area contributed by atoms with Crippen LogP contribution in [0.25, 0.3) is 0 Å². The first-order valence-corrected chi connectivity index (χ1v) is 7.61. The van der Waals surface area contributed by atoms with Crippen molar-refractivity contribution in [2.45, 2.75) is 25.8 Å². The summed E-state index contributed by atoms with van der Waals surface area (Å²) in [4.78, 5) is 8.76. The number of hydrogen-bond acceptors (Lipinski definition) is 5. The van der Waals surface area contributed by atoms with Gasteiger partial charge in [0.25, 0.3) is 0 Å². The number of aryl methyl sites for hydroxylation is 3. The Kier molecular flexibility index (Phi) is 5.86. The van der Waals surface area contributed by atoms with Gasteiger partial charge in [0, 0.05) is 30.7 Å². The van der Waals surface area contributed by atoms with Gasteiger partial charge >= 0.3 is 0 Å². The van der Waals surface area contributed by atoms with Gasteiger partial charge in [0.1, 0.15) is 5.82 Å². The van der Waals surface area contributed by atoms with E-state index in [4.69, 9.17) is 5.73 Å². The van der Waals surface area contributed by atoms with E-state index in [0.29, 0.717) is 5.82 Å². The zero-order valence-corrected chi connectivity index (χ0v) is 13.6. The molecule has 0 saturated heterocycles. The third-order valence-corrected chi connectivity index (χ3v) is 3.69. The molecule has 0 fully saturated rings. The van der Waals surface area contributed by atoms with Crippen LogP contribution < -0.4 is 16.4 Å². The highest BCUT2D eigenvalue weighted by Gasteiger charge is 2.09. The van der Waals surface area contributed by atoms with E-state index in [9.17, 15) is 0 Å². The van der Waals surface area contributed by atoms with E-state index >= 15 is 0 Å². The molecule has 0 amide bonds. The van der Waals surface area contributed by atoms with Gasteiger partial charge in [0.2, 0.25) is 0 Å². The Labute approximate surface area is 132 Å². The summed E-state index contributed by atoms with van der Waals surface area (Å²) in [5.74, 6) is 0.589. The van der Waals surface area contributed by atoms with Crippen LogP contribution in [-0.2, 0) is 12.8 Å². The average molecular weight is 299 g/mol. The number of nitrogen functional groups attached to an aromatic ring is 1. The van der Waals surface area contributed by atoms with E-state index in [1.54, 1.807) is 0 Å². The molecule has 0 aliphatic heterocycles. The van der Waals surface area contributed by atoms with Crippen LogP contribution in [0.3, 0.4) is 0 Å². The van der Waals surface area contributed by atoms with E-state index in [1.165, 1.54) is 11.1 Å². The van der Waals surface area contributed by atoms with Crippen LogP contribution in [0.4, 0.5) is 5.82 Å². The van der Waals surface area contributed by atoms with Gasteiger partial charge in [0.05, 0.1) is 0 Å². The second-order valence-electron chi connectivity index (χ2n) is 5.59. The fourth-order valence-electron chi connectivity index (χ4n) is 2.59. The molecule has 0 radical (unpaired) electrons. The summed E-state index contributed by atoms with van der Waals surface area (Å²) in [5.41, 5.74) is 10.4.